The molecule has 0 aliphatic carbocycles. The SMILES string of the molecule is O=CCSC(=S)C=S. The zero-order valence-electron chi connectivity index (χ0n) is 3.99. The molecule has 0 fully saturated rings. The summed E-state index contributed by atoms with van der Waals surface area (Å²) in [6, 6.07) is 0. The lowest BCUT2D eigenvalue weighted by Gasteiger charge is -1.85. The first-order valence-corrected chi connectivity index (χ1v) is 3.73. The van der Waals surface area contributed by atoms with Crippen LogP contribution in [0.1, 0.15) is 0 Å². The summed E-state index contributed by atoms with van der Waals surface area (Å²) in [4.78, 5) is 9.70. The molecule has 0 spiro atoms. The minimum Gasteiger partial charge on any atom is -0.302 e. The van der Waals surface area contributed by atoms with E-state index in [9.17, 15) is 4.79 Å². The predicted molar refractivity (Wildman–Crippen MR) is 44.8 cm³/mol. The van der Waals surface area contributed by atoms with Crippen molar-refractivity contribution in [1.29, 1.82) is 0 Å². The van der Waals surface area contributed by atoms with Crippen molar-refractivity contribution in [2.75, 3.05) is 5.75 Å². The summed E-state index contributed by atoms with van der Waals surface area (Å²) in [7, 11) is 0. The van der Waals surface area contributed by atoms with Gasteiger partial charge in [0, 0.05) is 5.37 Å². The zero-order valence-corrected chi connectivity index (χ0v) is 6.44. The summed E-state index contributed by atoms with van der Waals surface area (Å²) >= 11 is 10.4. The molecule has 0 N–H and O–H groups in total. The minimum absolute atomic E-state index is 0.409. The quantitative estimate of drug-likeness (QED) is 0.461. The maximum atomic E-state index is 9.70. The summed E-state index contributed by atoms with van der Waals surface area (Å²) in [5, 5.41) is 1.39. The van der Waals surface area contributed by atoms with Crippen molar-refractivity contribution in [1.82, 2.24) is 0 Å². The first-order valence-electron chi connectivity index (χ1n) is 1.87. The Balaban J connectivity index is 3.24. The molecular weight excluding hydrogens is 160 g/mol. The van der Waals surface area contributed by atoms with Gasteiger partial charge in [-0.1, -0.05) is 24.4 Å². The standard InChI is InChI=1S/C4H4OS3/c5-1-2-8-4(7)3-6/h1,3H,2H2. The summed E-state index contributed by atoms with van der Waals surface area (Å²) in [6.45, 7) is 0. The van der Waals surface area contributed by atoms with E-state index in [4.69, 9.17) is 0 Å². The number of thioether (sulfide) groups is 1. The van der Waals surface area contributed by atoms with Crippen LogP contribution in [0.15, 0.2) is 0 Å². The van der Waals surface area contributed by atoms with Crippen LogP contribution in [-0.4, -0.2) is 21.6 Å². The van der Waals surface area contributed by atoms with Crippen LogP contribution in [0.25, 0.3) is 0 Å². The Hall–Kier alpha value is 0.200. The lowest BCUT2D eigenvalue weighted by Crippen LogP contribution is -1.88. The lowest BCUT2D eigenvalue weighted by molar-refractivity contribution is -0.105. The summed E-state index contributed by atoms with van der Waals surface area (Å²) in [5.41, 5.74) is 0. The molecule has 0 radical (unpaired) electrons. The molecule has 0 amide bonds. The fraction of sp³-hybridized carbons (Fsp3) is 0.250. The molecule has 44 valence electrons. The Morgan fingerprint density at radius 2 is 2.38 bits per heavy atom. The third kappa shape index (κ3) is 4.36. The van der Waals surface area contributed by atoms with E-state index in [0.717, 1.165) is 6.29 Å². The Labute approximate surface area is 62.8 Å². The van der Waals surface area contributed by atoms with Crippen molar-refractivity contribution in [2.24, 2.45) is 0 Å². The van der Waals surface area contributed by atoms with Crippen LogP contribution in [-0.2, 0) is 4.79 Å². The highest BCUT2D eigenvalue weighted by Crippen LogP contribution is 1.98. The van der Waals surface area contributed by atoms with Crippen LogP contribution in [0.3, 0.4) is 0 Å². The smallest absolute Gasteiger partial charge is 0.130 e. The largest absolute Gasteiger partial charge is 0.302 e. The fourth-order valence-corrected chi connectivity index (χ4v) is 0.859. The third-order valence-electron chi connectivity index (χ3n) is 0.390. The van der Waals surface area contributed by atoms with Gasteiger partial charge in [0.2, 0.25) is 0 Å². The second kappa shape index (κ2) is 5.34. The molecule has 0 aromatic carbocycles. The highest BCUT2D eigenvalue weighted by Gasteiger charge is 1.87. The number of thiocarbonyl (C=S) groups is 2. The van der Waals surface area contributed by atoms with Gasteiger partial charge in [0.1, 0.15) is 6.29 Å². The van der Waals surface area contributed by atoms with Gasteiger partial charge in [-0.3, -0.25) is 0 Å². The van der Waals surface area contributed by atoms with Gasteiger partial charge in [-0.05, 0) is 0 Å². The van der Waals surface area contributed by atoms with E-state index in [0.29, 0.717) is 9.95 Å². The van der Waals surface area contributed by atoms with Gasteiger partial charge in [0.15, 0.2) is 0 Å². The molecule has 0 aromatic rings. The maximum absolute atomic E-state index is 9.70. The van der Waals surface area contributed by atoms with Crippen molar-refractivity contribution < 1.29 is 4.79 Å². The second-order valence-corrected chi connectivity index (χ2v) is 2.91. The number of hydrogen-bond acceptors (Lipinski definition) is 4. The van der Waals surface area contributed by atoms with E-state index in [1.807, 2.05) is 0 Å². The van der Waals surface area contributed by atoms with Gasteiger partial charge in [-0.25, -0.2) is 0 Å². The number of aldehydes is 1. The van der Waals surface area contributed by atoms with Crippen molar-refractivity contribution in [2.45, 2.75) is 0 Å². The normalized spacial score (nSPS) is 8.00. The monoisotopic (exact) mass is 164 g/mol. The molecule has 1 nitrogen and oxygen atoms in total. The Kier molecular flexibility index (Phi) is 5.47. The molecule has 0 aromatic heterocycles. The molecule has 0 atom stereocenters. The summed E-state index contributed by atoms with van der Waals surface area (Å²) in [5.74, 6) is 0.409. The molecule has 8 heavy (non-hydrogen) atoms. The first-order chi connectivity index (χ1) is 3.81. The zero-order chi connectivity index (χ0) is 6.41. The molecule has 0 unspecified atom stereocenters. The van der Waals surface area contributed by atoms with Gasteiger partial charge in [-0.2, -0.15) is 0 Å². The van der Waals surface area contributed by atoms with E-state index >= 15 is 0 Å². The van der Waals surface area contributed by atoms with Gasteiger partial charge in [-0.15, -0.1) is 11.8 Å². The molecule has 0 aliphatic rings. The van der Waals surface area contributed by atoms with E-state index in [2.05, 4.69) is 24.4 Å². The molecule has 0 saturated carbocycles. The van der Waals surface area contributed by atoms with Gasteiger partial charge in [0.25, 0.3) is 0 Å². The van der Waals surface area contributed by atoms with Gasteiger partial charge >= 0.3 is 0 Å². The number of rotatable bonds is 3. The average Bonchev–Trinajstić information content (AvgIpc) is 1.83. The number of carbonyl (C=O) groups excluding carboxylic acids is 1. The van der Waals surface area contributed by atoms with Crippen molar-refractivity contribution >= 4 is 52.0 Å². The summed E-state index contributed by atoms with van der Waals surface area (Å²) in [6.07, 6.45) is 0.801. The van der Waals surface area contributed by atoms with Gasteiger partial charge < -0.3 is 4.79 Å². The van der Waals surface area contributed by atoms with Crippen molar-refractivity contribution in [3.8, 4) is 0 Å². The second-order valence-electron chi connectivity index (χ2n) is 0.915. The lowest BCUT2D eigenvalue weighted by atomic mass is 10.9. The van der Waals surface area contributed by atoms with E-state index in [-0.39, 0.29) is 0 Å². The van der Waals surface area contributed by atoms with Crippen LogP contribution < -0.4 is 0 Å². The summed E-state index contributed by atoms with van der Waals surface area (Å²) < 4.78 is 0.604. The molecule has 0 heterocycles. The van der Waals surface area contributed by atoms with Crippen molar-refractivity contribution in [3.05, 3.63) is 0 Å². The van der Waals surface area contributed by atoms with Crippen LogP contribution >= 0.6 is 36.2 Å². The minimum atomic E-state index is 0.409. The molecule has 0 rings (SSSR count). The Morgan fingerprint density at radius 1 is 1.75 bits per heavy atom. The van der Waals surface area contributed by atoms with Crippen LogP contribution in [0.5, 0.6) is 0 Å². The Bertz CT molecular complexity index is 110. The third-order valence-corrected chi connectivity index (χ3v) is 2.10. The van der Waals surface area contributed by atoms with Crippen LogP contribution in [0.2, 0.25) is 0 Å². The predicted octanol–water partition coefficient (Wildman–Crippen LogP) is 1.25. The molecule has 0 aliphatic heterocycles. The maximum Gasteiger partial charge on any atom is 0.130 e. The number of hydrogen-bond donors (Lipinski definition) is 0. The topological polar surface area (TPSA) is 17.1 Å². The van der Waals surface area contributed by atoms with Crippen LogP contribution in [0, 0.1) is 0 Å². The van der Waals surface area contributed by atoms with Gasteiger partial charge in [0.05, 0.1) is 9.95 Å². The van der Waals surface area contributed by atoms with E-state index < -0.39 is 0 Å². The highest BCUT2D eigenvalue weighted by atomic mass is 32.2. The molecule has 0 saturated heterocycles. The van der Waals surface area contributed by atoms with Crippen LogP contribution in [0.4, 0.5) is 0 Å². The molecular formula is C4H4OS3. The Morgan fingerprint density at radius 3 is 2.75 bits per heavy atom. The van der Waals surface area contributed by atoms with E-state index in [1.165, 1.54) is 17.1 Å². The highest BCUT2D eigenvalue weighted by molar-refractivity contribution is 8.26. The average molecular weight is 164 g/mol. The fourth-order valence-electron chi connectivity index (χ4n) is 0.150. The first kappa shape index (κ1) is 8.20. The molecule has 4 heteroatoms. The van der Waals surface area contributed by atoms with Crippen molar-refractivity contribution in [3.63, 3.8) is 0 Å². The molecule has 0 bridgehead atoms. The van der Waals surface area contributed by atoms with E-state index in [1.54, 1.807) is 0 Å². The number of carbonyl (C=O) groups is 1.